The summed E-state index contributed by atoms with van der Waals surface area (Å²) in [6.07, 6.45) is -0.177. The van der Waals surface area contributed by atoms with Crippen molar-refractivity contribution in [2.45, 2.75) is 39.2 Å². The second kappa shape index (κ2) is 6.90. The Bertz CT molecular complexity index is 688. The van der Waals surface area contributed by atoms with E-state index >= 15 is 0 Å². The lowest BCUT2D eigenvalue weighted by Gasteiger charge is -2.19. The van der Waals surface area contributed by atoms with Crippen molar-refractivity contribution in [3.05, 3.63) is 70.8 Å². The van der Waals surface area contributed by atoms with Crippen LogP contribution in [0.1, 0.15) is 37.5 Å². The molecule has 2 nitrogen and oxygen atoms in total. The Kier molecular flexibility index (Phi) is 5.14. The Morgan fingerprint density at radius 3 is 2.30 bits per heavy atom. The van der Waals surface area contributed by atoms with Crippen LogP contribution in [0.4, 0.5) is 8.78 Å². The van der Waals surface area contributed by atoms with E-state index in [9.17, 15) is 13.6 Å². The van der Waals surface area contributed by atoms with Crippen LogP contribution in [0, 0.1) is 11.6 Å². The van der Waals surface area contributed by atoms with Gasteiger partial charge in [0, 0.05) is 12.1 Å². The first-order valence-electron chi connectivity index (χ1n) is 7.56. The minimum absolute atomic E-state index is 0.0607. The topological polar surface area (TPSA) is 29.1 Å². The summed E-state index contributed by atoms with van der Waals surface area (Å²) in [5, 5.41) is 2.72. The van der Waals surface area contributed by atoms with Gasteiger partial charge in [-0.05, 0) is 22.6 Å². The first-order valence-corrected chi connectivity index (χ1v) is 7.56. The molecule has 0 heterocycles. The Morgan fingerprint density at radius 1 is 1.04 bits per heavy atom. The molecule has 0 aromatic heterocycles. The van der Waals surface area contributed by atoms with E-state index in [4.69, 9.17) is 0 Å². The smallest absolute Gasteiger partial charge is 0.224 e. The molecule has 0 aliphatic heterocycles. The summed E-state index contributed by atoms with van der Waals surface area (Å²) in [6, 6.07) is 11.8. The molecule has 0 unspecified atom stereocenters. The fourth-order valence-electron chi connectivity index (χ4n) is 2.24. The molecule has 1 amide bonds. The third kappa shape index (κ3) is 4.62. The third-order valence-corrected chi connectivity index (χ3v) is 3.69. The largest absolute Gasteiger partial charge is 0.352 e. The molecule has 0 fully saturated rings. The van der Waals surface area contributed by atoms with E-state index in [-0.39, 0.29) is 23.3 Å². The molecule has 23 heavy (non-hydrogen) atoms. The van der Waals surface area contributed by atoms with Crippen molar-refractivity contribution in [1.82, 2.24) is 5.32 Å². The lowest BCUT2D eigenvalue weighted by atomic mass is 9.87. The lowest BCUT2D eigenvalue weighted by molar-refractivity contribution is -0.120. The molecule has 0 atom stereocenters. The van der Waals surface area contributed by atoms with Crippen molar-refractivity contribution < 1.29 is 13.6 Å². The van der Waals surface area contributed by atoms with Gasteiger partial charge < -0.3 is 5.32 Å². The summed E-state index contributed by atoms with van der Waals surface area (Å²) >= 11 is 0. The minimum Gasteiger partial charge on any atom is -0.352 e. The monoisotopic (exact) mass is 317 g/mol. The number of carbonyl (C=O) groups is 1. The summed E-state index contributed by atoms with van der Waals surface area (Å²) in [5.41, 5.74) is 2.32. The van der Waals surface area contributed by atoms with Gasteiger partial charge in [-0.25, -0.2) is 8.78 Å². The average molecular weight is 317 g/mol. The normalized spacial score (nSPS) is 11.3. The van der Waals surface area contributed by atoms with Gasteiger partial charge in [0.1, 0.15) is 0 Å². The molecule has 122 valence electrons. The molecule has 0 saturated heterocycles. The molecule has 2 aromatic carbocycles. The second-order valence-electron chi connectivity index (χ2n) is 6.61. The van der Waals surface area contributed by atoms with E-state index in [0.717, 1.165) is 11.6 Å². The molecule has 0 bridgehead atoms. The van der Waals surface area contributed by atoms with Gasteiger partial charge in [-0.15, -0.1) is 0 Å². The maximum absolute atomic E-state index is 13.5. The van der Waals surface area contributed by atoms with E-state index in [1.54, 1.807) is 0 Å². The van der Waals surface area contributed by atoms with Crippen LogP contribution in [0.3, 0.4) is 0 Å². The van der Waals surface area contributed by atoms with Gasteiger partial charge in [0.15, 0.2) is 11.6 Å². The molecule has 0 aliphatic rings. The molecule has 1 N–H and O–H groups in total. The van der Waals surface area contributed by atoms with Crippen LogP contribution >= 0.6 is 0 Å². The van der Waals surface area contributed by atoms with Crippen LogP contribution in [0.25, 0.3) is 0 Å². The molecule has 2 rings (SSSR count). The summed E-state index contributed by atoms with van der Waals surface area (Å²) in [5.74, 6) is -2.24. The third-order valence-electron chi connectivity index (χ3n) is 3.69. The van der Waals surface area contributed by atoms with Crippen molar-refractivity contribution in [3.8, 4) is 0 Å². The Labute approximate surface area is 135 Å². The fourth-order valence-corrected chi connectivity index (χ4v) is 2.24. The van der Waals surface area contributed by atoms with E-state index in [2.05, 4.69) is 26.1 Å². The minimum atomic E-state index is -0.961. The molecule has 0 aliphatic carbocycles. The molecular formula is C19H21F2NO. The maximum Gasteiger partial charge on any atom is 0.224 e. The zero-order valence-corrected chi connectivity index (χ0v) is 13.6. The summed E-state index contributed by atoms with van der Waals surface area (Å²) in [7, 11) is 0. The van der Waals surface area contributed by atoms with Crippen LogP contribution in [0.15, 0.2) is 42.5 Å². The van der Waals surface area contributed by atoms with Crippen molar-refractivity contribution in [1.29, 1.82) is 0 Å². The lowest BCUT2D eigenvalue weighted by Crippen LogP contribution is -2.25. The highest BCUT2D eigenvalue weighted by atomic mass is 19.2. The predicted octanol–water partition coefficient (Wildman–Crippen LogP) is 4.12. The van der Waals surface area contributed by atoms with Crippen molar-refractivity contribution in [2.24, 2.45) is 0 Å². The van der Waals surface area contributed by atoms with Crippen molar-refractivity contribution >= 4 is 5.91 Å². The van der Waals surface area contributed by atoms with Gasteiger partial charge in [0.2, 0.25) is 5.91 Å². The van der Waals surface area contributed by atoms with E-state index < -0.39 is 11.6 Å². The Hall–Kier alpha value is -2.23. The van der Waals surface area contributed by atoms with Crippen molar-refractivity contribution in [2.75, 3.05) is 0 Å². The van der Waals surface area contributed by atoms with E-state index in [0.29, 0.717) is 6.54 Å². The van der Waals surface area contributed by atoms with Gasteiger partial charge in [-0.1, -0.05) is 57.2 Å². The van der Waals surface area contributed by atoms with Crippen LogP contribution < -0.4 is 5.32 Å². The Balaban J connectivity index is 1.93. The SMILES string of the molecule is CC(C)(C)c1ccc(CNC(=O)Cc2cccc(F)c2F)cc1. The first kappa shape index (κ1) is 17.1. The molecular weight excluding hydrogens is 296 g/mol. The highest BCUT2D eigenvalue weighted by Crippen LogP contribution is 2.22. The number of amides is 1. The fraction of sp³-hybridized carbons (Fsp3) is 0.316. The summed E-state index contributed by atoms with van der Waals surface area (Å²) in [4.78, 5) is 11.9. The summed E-state index contributed by atoms with van der Waals surface area (Å²) in [6.45, 7) is 6.77. The molecule has 2 aromatic rings. The zero-order chi connectivity index (χ0) is 17.0. The number of halogens is 2. The van der Waals surface area contributed by atoms with Crippen LogP contribution in [0.2, 0.25) is 0 Å². The quantitative estimate of drug-likeness (QED) is 0.903. The molecule has 4 heteroatoms. The van der Waals surface area contributed by atoms with Crippen LogP contribution in [-0.4, -0.2) is 5.91 Å². The van der Waals surface area contributed by atoms with Crippen LogP contribution in [0.5, 0.6) is 0 Å². The van der Waals surface area contributed by atoms with Gasteiger partial charge in [0.25, 0.3) is 0 Å². The zero-order valence-electron chi connectivity index (χ0n) is 13.6. The van der Waals surface area contributed by atoms with Gasteiger partial charge in [-0.3, -0.25) is 4.79 Å². The van der Waals surface area contributed by atoms with Gasteiger partial charge in [0.05, 0.1) is 6.42 Å². The number of carbonyl (C=O) groups excluding carboxylic acids is 1. The maximum atomic E-state index is 13.5. The summed E-state index contributed by atoms with van der Waals surface area (Å²) < 4.78 is 26.6. The van der Waals surface area contributed by atoms with Crippen LogP contribution in [-0.2, 0) is 23.2 Å². The first-order chi connectivity index (χ1) is 10.8. The number of hydrogen-bond donors (Lipinski definition) is 1. The number of benzene rings is 2. The standard InChI is InChI=1S/C19H21F2NO/c1-19(2,3)15-9-7-13(8-10-15)12-22-17(23)11-14-5-4-6-16(20)18(14)21/h4-10H,11-12H2,1-3H3,(H,22,23). The number of hydrogen-bond acceptors (Lipinski definition) is 1. The van der Waals surface area contributed by atoms with E-state index in [1.807, 2.05) is 24.3 Å². The predicted molar refractivity (Wildman–Crippen MR) is 87.1 cm³/mol. The molecule has 0 saturated carbocycles. The van der Waals surface area contributed by atoms with Gasteiger partial charge in [-0.2, -0.15) is 0 Å². The van der Waals surface area contributed by atoms with Gasteiger partial charge >= 0.3 is 0 Å². The van der Waals surface area contributed by atoms with Crippen molar-refractivity contribution in [3.63, 3.8) is 0 Å². The van der Waals surface area contributed by atoms with E-state index in [1.165, 1.54) is 17.7 Å². The molecule has 0 radical (unpaired) electrons. The highest BCUT2D eigenvalue weighted by molar-refractivity contribution is 5.78. The number of nitrogens with one attached hydrogen (secondary N) is 1. The second-order valence-corrected chi connectivity index (χ2v) is 6.61. The average Bonchev–Trinajstić information content (AvgIpc) is 2.49. The number of rotatable bonds is 4. The molecule has 0 spiro atoms. The Morgan fingerprint density at radius 2 is 1.70 bits per heavy atom. The highest BCUT2D eigenvalue weighted by Gasteiger charge is 2.13.